The van der Waals surface area contributed by atoms with Crippen LogP contribution in [0.2, 0.25) is 0 Å². The number of carboxylic acid groups (broad SMARTS) is 1. The monoisotopic (exact) mass is 287 g/mol. The topological polar surface area (TPSA) is 82.0 Å². The van der Waals surface area contributed by atoms with Crippen molar-refractivity contribution in [3.05, 3.63) is 48.6 Å². The minimum Gasteiger partial charge on any atom is -0.479 e. The number of aliphatic carboxylic acids is 1. The van der Waals surface area contributed by atoms with Crippen molar-refractivity contribution in [3.63, 3.8) is 0 Å². The molecule has 0 spiro atoms. The van der Waals surface area contributed by atoms with Gasteiger partial charge in [0.2, 0.25) is 0 Å². The molecule has 21 heavy (non-hydrogen) atoms. The number of hydrogen-bond acceptors (Lipinski definition) is 3. The minimum absolute atomic E-state index is 0.179. The molecule has 1 aliphatic rings. The highest BCUT2D eigenvalue weighted by molar-refractivity contribution is 5.91. The van der Waals surface area contributed by atoms with Crippen LogP contribution in [0.15, 0.2) is 48.1 Å². The predicted molar refractivity (Wildman–Crippen MR) is 79.1 cm³/mol. The maximum atomic E-state index is 12.1. The van der Waals surface area contributed by atoms with Gasteiger partial charge in [0.05, 0.1) is 0 Å². The number of hydrogen-bond donors (Lipinski definition) is 2. The van der Waals surface area contributed by atoms with Crippen LogP contribution in [0.25, 0.3) is 0 Å². The normalized spacial score (nSPS) is 20.3. The number of nitrogens with zero attached hydrogens (tertiary/aromatic N) is 2. The molecule has 0 fully saturated rings. The van der Waals surface area contributed by atoms with Crippen molar-refractivity contribution in [1.29, 1.82) is 0 Å². The summed E-state index contributed by atoms with van der Waals surface area (Å²) in [5, 5.41) is 17.2. The standard InChI is InChI=1S/C15H17N3O3/c1-2-9-16-14(21)18-15(13(19)20,8-10-17-18)11-12-6-4-3-5-7-12/h2-7,10H,1,8-9,11H2,(H,16,21)(H,19,20). The highest BCUT2D eigenvalue weighted by Crippen LogP contribution is 2.29. The first-order chi connectivity index (χ1) is 10.1. The summed E-state index contributed by atoms with van der Waals surface area (Å²) in [6.07, 6.45) is 3.37. The second kappa shape index (κ2) is 6.21. The van der Waals surface area contributed by atoms with Gasteiger partial charge in [-0.2, -0.15) is 10.1 Å². The Bertz CT molecular complexity index is 571. The lowest BCUT2D eigenvalue weighted by Gasteiger charge is -2.32. The lowest BCUT2D eigenvalue weighted by Crippen LogP contribution is -2.56. The zero-order valence-corrected chi connectivity index (χ0v) is 11.5. The third kappa shape index (κ3) is 2.94. The van der Waals surface area contributed by atoms with Gasteiger partial charge in [0.15, 0.2) is 5.54 Å². The van der Waals surface area contributed by atoms with Gasteiger partial charge in [-0.25, -0.2) is 9.59 Å². The van der Waals surface area contributed by atoms with Gasteiger partial charge in [-0.3, -0.25) is 0 Å². The van der Waals surface area contributed by atoms with E-state index in [1.165, 1.54) is 12.3 Å². The van der Waals surface area contributed by atoms with E-state index in [4.69, 9.17) is 0 Å². The van der Waals surface area contributed by atoms with Crippen molar-refractivity contribution >= 4 is 18.2 Å². The number of amides is 2. The van der Waals surface area contributed by atoms with Crippen molar-refractivity contribution < 1.29 is 14.7 Å². The molecule has 6 heteroatoms. The van der Waals surface area contributed by atoms with Gasteiger partial charge in [-0.1, -0.05) is 36.4 Å². The quantitative estimate of drug-likeness (QED) is 0.808. The fourth-order valence-electron chi connectivity index (χ4n) is 2.29. The number of nitrogens with one attached hydrogen (secondary N) is 1. The van der Waals surface area contributed by atoms with E-state index < -0.39 is 17.5 Å². The number of benzene rings is 1. The predicted octanol–water partition coefficient (Wildman–Crippen LogP) is 1.64. The molecule has 1 aromatic carbocycles. The first-order valence-electron chi connectivity index (χ1n) is 6.59. The van der Waals surface area contributed by atoms with E-state index in [0.717, 1.165) is 10.6 Å². The number of carbonyl (C=O) groups excluding carboxylic acids is 1. The Morgan fingerprint density at radius 1 is 1.43 bits per heavy atom. The van der Waals surface area contributed by atoms with Crippen LogP contribution < -0.4 is 5.32 Å². The van der Waals surface area contributed by atoms with E-state index in [2.05, 4.69) is 17.0 Å². The Morgan fingerprint density at radius 2 is 2.14 bits per heavy atom. The van der Waals surface area contributed by atoms with Gasteiger partial charge in [-0.15, -0.1) is 6.58 Å². The molecule has 0 aromatic heterocycles. The maximum absolute atomic E-state index is 12.1. The van der Waals surface area contributed by atoms with Crippen molar-refractivity contribution in [3.8, 4) is 0 Å². The molecule has 1 aromatic rings. The molecule has 2 amide bonds. The summed E-state index contributed by atoms with van der Waals surface area (Å²) < 4.78 is 0. The van der Waals surface area contributed by atoms with Crippen LogP contribution in [0.5, 0.6) is 0 Å². The second-order valence-corrected chi connectivity index (χ2v) is 4.79. The smallest absolute Gasteiger partial charge is 0.339 e. The zero-order valence-electron chi connectivity index (χ0n) is 11.5. The summed E-state index contributed by atoms with van der Waals surface area (Å²) in [7, 11) is 0. The molecule has 1 heterocycles. The minimum atomic E-state index is -1.38. The molecule has 6 nitrogen and oxygen atoms in total. The summed E-state index contributed by atoms with van der Waals surface area (Å²) >= 11 is 0. The Labute approximate surface area is 122 Å². The lowest BCUT2D eigenvalue weighted by molar-refractivity contribution is -0.148. The third-order valence-electron chi connectivity index (χ3n) is 3.36. The van der Waals surface area contributed by atoms with Gasteiger partial charge in [0.25, 0.3) is 0 Å². The molecule has 0 bridgehead atoms. The van der Waals surface area contributed by atoms with Crippen molar-refractivity contribution in [2.45, 2.75) is 18.4 Å². The Hall–Kier alpha value is -2.63. The Balaban J connectivity index is 2.26. The van der Waals surface area contributed by atoms with Crippen LogP contribution in [0.4, 0.5) is 4.79 Å². The zero-order chi connectivity index (χ0) is 15.3. The van der Waals surface area contributed by atoms with Crippen LogP contribution in [0.3, 0.4) is 0 Å². The third-order valence-corrected chi connectivity index (χ3v) is 3.36. The van der Waals surface area contributed by atoms with E-state index in [9.17, 15) is 14.7 Å². The molecule has 0 aliphatic carbocycles. The molecule has 0 saturated heterocycles. The van der Waals surface area contributed by atoms with E-state index in [0.29, 0.717) is 0 Å². The lowest BCUT2D eigenvalue weighted by atomic mass is 9.88. The van der Waals surface area contributed by atoms with Crippen LogP contribution in [0.1, 0.15) is 12.0 Å². The van der Waals surface area contributed by atoms with Crippen molar-refractivity contribution in [2.75, 3.05) is 6.54 Å². The van der Waals surface area contributed by atoms with Crippen molar-refractivity contribution in [2.24, 2.45) is 5.10 Å². The Morgan fingerprint density at radius 3 is 2.76 bits per heavy atom. The van der Waals surface area contributed by atoms with Gasteiger partial charge in [0, 0.05) is 25.6 Å². The highest BCUT2D eigenvalue weighted by Gasteiger charge is 2.49. The summed E-state index contributed by atoms with van der Waals surface area (Å²) in [4.78, 5) is 23.9. The number of rotatable bonds is 5. The fraction of sp³-hybridized carbons (Fsp3) is 0.267. The van der Waals surface area contributed by atoms with Gasteiger partial charge >= 0.3 is 12.0 Å². The summed E-state index contributed by atoms with van der Waals surface area (Å²) in [5.41, 5.74) is -0.543. The molecule has 1 unspecified atom stereocenters. The van der Waals surface area contributed by atoms with Crippen LogP contribution in [-0.4, -0.2) is 40.4 Å². The maximum Gasteiger partial charge on any atom is 0.339 e. The van der Waals surface area contributed by atoms with Gasteiger partial charge < -0.3 is 10.4 Å². The fourth-order valence-corrected chi connectivity index (χ4v) is 2.29. The summed E-state index contributed by atoms with van der Waals surface area (Å²) in [6, 6.07) is 8.66. The van der Waals surface area contributed by atoms with Crippen molar-refractivity contribution in [1.82, 2.24) is 10.3 Å². The van der Waals surface area contributed by atoms with E-state index in [1.807, 2.05) is 30.3 Å². The largest absolute Gasteiger partial charge is 0.479 e. The summed E-state index contributed by atoms with van der Waals surface area (Å²) in [5.74, 6) is -1.07. The van der Waals surface area contributed by atoms with E-state index in [1.54, 1.807) is 0 Å². The number of carbonyl (C=O) groups is 2. The van der Waals surface area contributed by atoms with E-state index >= 15 is 0 Å². The molecular formula is C15H17N3O3. The molecule has 0 radical (unpaired) electrons. The molecule has 110 valence electrons. The molecular weight excluding hydrogens is 270 g/mol. The number of carboxylic acids is 1. The first kappa shape index (κ1) is 14.8. The number of hydrazone groups is 1. The average molecular weight is 287 g/mol. The van der Waals surface area contributed by atoms with Crippen LogP contribution >= 0.6 is 0 Å². The van der Waals surface area contributed by atoms with Crippen LogP contribution in [-0.2, 0) is 11.2 Å². The van der Waals surface area contributed by atoms with Gasteiger partial charge in [-0.05, 0) is 5.56 Å². The van der Waals surface area contributed by atoms with E-state index in [-0.39, 0.29) is 19.4 Å². The second-order valence-electron chi connectivity index (χ2n) is 4.79. The number of urea groups is 1. The van der Waals surface area contributed by atoms with Gasteiger partial charge in [0.1, 0.15) is 0 Å². The SMILES string of the molecule is C=CCNC(=O)N1N=CCC1(Cc1ccccc1)C(=O)O. The average Bonchev–Trinajstić information content (AvgIpc) is 2.91. The Kier molecular flexibility index (Phi) is 4.37. The molecule has 1 atom stereocenters. The van der Waals surface area contributed by atoms with Crippen LogP contribution in [0, 0.1) is 0 Å². The summed E-state index contributed by atoms with van der Waals surface area (Å²) in [6.45, 7) is 3.77. The first-order valence-corrected chi connectivity index (χ1v) is 6.59. The molecule has 0 saturated carbocycles. The molecule has 1 aliphatic heterocycles. The molecule has 2 N–H and O–H groups in total. The highest BCUT2D eigenvalue weighted by atomic mass is 16.4. The molecule has 2 rings (SSSR count).